The summed E-state index contributed by atoms with van der Waals surface area (Å²) in [7, 11) is 1.81. The van der Waals surface area contributed by atoms with E-state index in [1.807, 2.05) is 30.6 Å². The fourth-order valence-electron chi connectivity index (χ4n) is 2.95. The van der Waals surface area contributed by atoms with E-state index in [-0.39, 0.29) is 5.41 Å². The van der Waals surface area contributed by atoms with E-state index in [0.717, 1.165) is 28.8 Å². The van der Waals surface area contributed by atoms with Gasteiger partial charge in [-0.15, -0.1) is 0 Å². The van der Waals surface area contributed by atoms with Gasteiger partial charge in [0.1, 0.15) is 5.75 Å². The lowest BCUT2D eigenvalue weighted by atomic mass is 9.85. The van der Waals surface area contributed by atoms with Crippen LogP contribution in [0.3, 0.4) is 0 Å². The summed E-state index contributed by atoms with van der Waals surface area (Å²) >= 11 is 3.93. The molecule has 0 saturated carbocycles. The number of ether oxygens (including phenoxy) is 1. The summed E-state index contributed by atoms with van der Waals surface area (Å²) in [5, 5.41) is 0. The van der Waals surface area contributed by atoms with Gasteiger partial charge in [-0.1, -0.05) is 57.2 Å². The van der Waals surface area contributed by atoms with Gasteiger partial charge in [-0.25, -0.2) is 0 Å². The first-order chi connectivity index (χ1) is 11.5. The SMILES string of the molecule is COc1c2cc(C(C)(C)C)cc1CSCc1ccc(cc1)CSC2. The highest BCUT2D eigenvalue weighted by Crippen LogP contribution is 2.37. The fourth-order valence-corrected chi connectivity index (χ4v) is 4.88. The van der Waals surface area contributed by atoms with Crippen molar-refractivity contribution in [1.82, 2.24) is 0 Å². The molecule has 0 aliphatic carbocycles. The summed E-state index contributed by atoms with van der Waals surface area (Å²) in [6, 6.07) is 13.8. The van der Waals surface area contributed by atoms with Crippen LogP contribution in [0.2, 0.25) is 0 Å². The second-order valence-corrected chi connectivity index (χ2v) is 9.35. The molecule has 0 radical (unpaired) electrons. The summed E-state index contributed by atoms with van der Waals surface area (Å²) < 4.78 is 5.82. The molecule has 0 fully saturated rings. The van der Waals surface area contributed by atoms with Gasteiger partial charge in [0.25, 0.3) is 0 Å². The molecule has 0 amide bonds. The molecule has 4 rings (SSSR count). The maximum absolute atomic E-state index is 5.82. The molecular formula is C21H26OS2. The molecule has 128 valence electrons. The van der Waals surface area contributed by atoms with E-state index in [2.05, 4.69) is 57.2 Å². The minimum Gasteiger partial charge on any atom is -0.496 e. The third-order valence-electron chi connectivity index (χ3n) is 4.39. The van der Waals surface area contributed by atoms with Gasteiger partial charge < -0.3 is 4.74 Å². The van der Waals surface area contributed by atoms with Crippen molar-refractivity contribution in [3.8, 4) is 5.75 Å². The monoisotopic (exact) mass is 358 g/mol. The van der Waals surface area contributed by atoms with E-state index >= 15 is 0 Å². The molecule has 4 bridgehead atoms. The Hall–Kier alpha value is -1.06. The fraction of sp³-hybridized carbons (Fsp3) is 0.429. The molecule has 0 unspecified atom stereocenters. The van der Waals surface area contributed by atoms with Crippen molar-refractivity contribution in [2.24, 2.45) is 0 Å². The average molecular weight is 359 g/mol. The molecule has 2 heterocycles. The van der Waals surface area contributed by atoms with Gasteiger partial charge in [-0.2, -0.15) is 23.5 Å². The highest BCUT2D eigenvalue weighted by atomic mass is 32.2. The van der Waals surface area contributed by atoms with Crippen molar-refractivity contribution in [3.05, 3.63) is 64.2 Å². The van der Waals surface area contributed by atoms with Crippen LogP contribution < -0.4 is 4.74 Å². The molecule has 1 nitrogen and oxygen atoms in total. The van der Waals surface area contributed by atoms with Crippen LogP contribution in [0.15, 0.2) is 36.4 Å². The summed E-state index contributed by atoms with van der Waals surface area (Å²) in [5.74, 6) is 5.17. The third-order valence-corrected chi connectivity index (χ3v) is 6.49. The predicted octanol–water partition coefficient (Wildman–Crippen LogP) is 6.17. The van der Waals surface area contributed by atoms with Crippen LogP contribution in [0.4, 0.5) is 0 Å². The maximum atomic E-state index is 5.82. The largest absolute Gasteiger partial charge is 0.496 e. The van der Waals surface area contributed by atoms with E-state index in [4.69, 9.17) is 4.74 Å². The zero-order valence-corrected chi connectivity index (χ0v) is 16.7. The molecule has 0 atom stereocenters. The first-order valence-corrected chi connectivity index (χ1v) is 10.7. The topological polar surface area (TPSA) is 9.23 Å². The van der Waals surface area contributed by atoms with Crippen LogP contribution in [0.25, 0.3) is 0 Å². The van der Waals surface area contributed by atoms with Gasteiger partial charge in [0.2, 0.25) is 0 Å². The molecule has 2 aromatic carbocycles. The standard InChI is InChI=1S/C21H26OS2/c1-21(2,3)19-9-17-13-23-11-15-5-6-16(8-7-15)12-24-14-18(10-19)20(17)22-4/h5-10H,11-14H2,1-4H3. The van der Waals surface area contributed by atoms with Gasteiger partial charge in [-0.05, 0) is 22.1 Å². The van der Waals surface area contributed by atoms with Crippen LogP contribution >= 0.6 is 23.5 Å². The Morgan fingerprint density at radius 3 is 1.62 bits per heavy atom. The normalized spacial score (nSPS) is 15.3. The third kappa shape index (κ3) is 4.12. The van der Waals surface area contributed by atoms with E-state index in [1.54, 1.807) is 0 Å². The van der Waals surface area contributed by atoms with Crippen molar-refractivity contribution in [2.45, 2.75) is 49.2 Å². The molecule has 2 aliphatic heterocycles. The molecule has 0 N–H and O–H groups in total. The van der Waals surface area contributed by atoms with Crippen LogP contribution in [0.1, 0.15) is 48.6 Å². The van der Waals surface area contributed by atoms with Crippen LogP contribution in [-0.4, -0.2) is 7.11 Å². The summed E-state index contributed by atoms with van der Waals surface area (Å²) in [6.45, 7) is 6.86. The van der Waals surface area contributed by atoms with Gasteiger partial charge in [-0.3, -0.25) is 0 Å². The van der Waals surface area contributed by atoms with Crippen molar-refractivity contribution < 1.29 is 4.74 Å². The van der Waals surface area contributed by atoms with Gasteiger partial charge in [0.05, 0.1) is 7.11 Å². The van der Waals surface area contributed by atoms with Crippen molar-refractivity contribution >= 4 is 23.5 Å². The molecule has 2 aliphatic rings. The quantitative estimate of drug-likeness (QED) is 0.603. The second kappa shape index (κ2) is 7.45. The zero-order chi connectivity index (χ0) is 17.2. The van der Waals surface area contributed by atoms with Crippen LogP contribution in [0, 0.1) is 0 Å². The minimum atomic E-state index is 0.157. The van der Waals surface area contributed by atoms with E-state index in [1.165, 1.54) is 27.8 Å². The molecule has 0 saturated heterocycles. The van der Waals surface area contributed by atoms with E-state index in [9.17, 15) is 0 Å². The first-order valence-electron chi connectivity index (χ1n) is 8.41. The van der Waals surface area contributed by atoms with Crippen molar-refractivity contribution in [2.75, 3.05) is 7.11 Å². The Labute approximate surface area is 154 Å². The molecule has 2 aromatic rings. The number of fused-ring (bicyclic) bond motifs is 6. The lowest BCUT2D eigenvalue weighted by Gasteiger charge is -2.23. The Balaban J connectivity index is 2.00. The molecule has 0 aromatic heterocycles. The Morgan fingerprint density at radius 1 is 0.792 bits per heavy atom. The molecule has 0 spiro atoms. The highest BCUT2D eigenvalue weighted by molar-refractivity contribution is 7.98. The first kappa shape index (κ1) is 17.8. The number of methoxy groups -OCH3 is 1. The molecule has 24 heavy (non-hydrogen) atoms. The number of rotatable bonds is 1. The number of hydrogen-bond donors (Lipinski definition) is 0. The lowest BCUT2D eigenvalue weighted by molar-refractivity contribution is 0.407. The van der Waals surface area contributed by atoms with Crippen molar-refractivity contribution in [1.29, 1.82) is 0 Å². The Kier molecular flexibility index (Phi) is 5.51. The average Bonchev–Trinajstić information content (AvgIpc) is 2.55. The minimum absolute atomic E-state index is 0.157. The summed E-state index contributed by atoms with van der Waals surface area (Å²) in [6.07, 6.45) is 0. The lowest BCUT2D eigenvalue weighted by Crippen LogP contribution is -2.13. The predicted molar refractivity (Wildman–Crippen MR) is 108 cm³/mol. The van der Waals surface area contributed by atoms with E-state index < -0.39 is 0 Å². The zero-order valence-electron chi connectivity index (χ0n) is 15.0. The van der Waals surface area contributed by atoms with Gasteiger partial charge >= 0.3 is 0 Å². The Bertz CT molecular complexity index is 649. The second-order valence-electron chi connectivity index (χ2n) is 7.38. The van der Waals surface area contributed by atoms with Crippen molar-refractivity contribution in [3.63, 3.8) is 0 Å². The Morgan fingerprint density at radius 2 is 1.25 bits per heavy atom. The van der Waals surface area contributed by atoms with Gasteiger partial charge in [0, 0.05) is 34.1 Å². The summed E-state index contributed by atoms with van der Waals surface area (Å²) in [4.78, 5) is 0. The van der Waals surface area contributed by atoms with E-state index in [0.29, 0.717) is 0 Å². The van der Waals surface area contributed by atoms with Crippen LogP contribution in [0.5, 0.6) is 5.75 Å². The number of benzene rings is 2. The smallest absolute Gasteiger partial charge is 0.126 e. The van der Waals surface area contributed by atoms with Crippen LogP contribution in [-0.2, 0) is 28.4 Å². The number of hydrogen-bond acceptors (Lipinski definition) is 3. The highest BCUT2D eigenvalue weighted by Gasteiger charge is 2.19. The maximum Gasteiger partial charge on any atom is 0.126 e. The number of thioether (sulfide) groups is 2. The van der Waals surface area contributed by atoms with Gasteiger partial charge in [0.15, 0.2) is 0 Å². The molecular weight excluding hydrogens is 332 g/mol. The molecule has 3 heteroatoms. The summed E-state index contributed by atoms with van der Waals surface area (Å²) in [5.41, 5.74) is 7.04.